The second-order valence-corrected chi connectivity index (χ2v) is 2.31. The quantitative estimate of drug-likeness (QED) is 0.476. The number of hydrogen-bond donors (Lipinski definition) is 2. The summed E-state index contributed by atoms with van der Waals surface area (Å²) in [6.07, 6.45) is 3.27. The van der Waals surface area contributed by atoms with Crippen molar-refractivity contribution in [3.05, 3.63) is 11.9 Å². The molecule has 0 spiro atoms. The standard InChI is InChI=1S/C6H12N2/c1-5-2-3-8-6(7)4-5/h4-5,8H,2-3,7H2,1H3/t5-/m0/s1. The van der Waals surface area contributed by atoms with Gasteiger partial charge >= 0.3 is 0 Å². The van der Waals surface area contributed by atoms with Crippen molar-refractivity contribution < 1.29 is 0 Å². The van der Waals surface area contributed by atoms with Gasteiger partial charge in [-0.15, -0.1) is 0 Å². The summed E-state index contributed by atoms with van der Waals surface area (Å²) in [5.41, 5.74) is 5.48. The molecule has 0 saturated heterocycles. The van der Waals surface area contributed by atoms with Crippen molar-refractivity contribution in [2.45, 2.75) is 13.3 Å². The predicted octanol–water partition coefficient (Wildman–Crippen LogP) is 0.416. The Balaban J connectivity index is 2.50. The molecule has 1 aliphatic rings. The van der Waals surface area contributed by atoms with Crippen LogP contribution in [0.4, 0.5) is 0 Å². The van der Waals surface area contributed by atoms with Crippen LogP contribution in [0.5, 0.6) is 0 Å². The van der Waals surface area contributed by atoms with E-state index in [-0.39, 0.29) is 0 Å². The third-order valence-electron chi connectivity index (χ3n) is 1.39. The topological polar surface area (TPSA) is 38.0 Å². The van der Waals surface area contributed by atoms with Crippen LogP contribution in [-0.4, -0.2) is 6.54 Å². The molecule has 1 aliphatic heterocycles. The zero-order valence-corrected chi connectivity index (χ0v) is 5.15. The number of rotatable bonds is 0. The van der Waals surface area contributed by atoms with E-state index in [4.69, 9.17) is 5.73 Å². The van der Waals surface area contributed by atoms with Crippen molar-refractivity contribution in [1.82, 2.24) is 5.32 Å². The molecule has 3 N–H and O–H groups in total. The Morgan fingerprint density at radius 2 is 2.62 bits per heavy atom. The normalized spacial score (nSPS) is 28.6. The molecule has 1 rings (SSSR count). The van der Waals surface area contributed by atoms with Gasteiger partial charge in [-0.2, -0.15) is 0 Å². The number of nitrogens with one attached hydrogen (secondary N) is 1. The number of hydrogen-bond acceptors (Lipinski definition) is 2. The lowest BCUT2D eigenvalue weighted by Crippen LogP contribution is -2.27. The van der Waals surface area contributed by atoms with E-state index in [1.165, 1.54) is 6.42 Å². The van der Waals surface area contributed by atoms with Crippen LogP contribution in [0.15, 0.2) is 11.9 Å². The maximum absolute atomic E-state index is 5.48. The first-order valence-corrected chi connectivity index (χ1v) is 3.00. The fraction of sp³-hybridized carbons (Fsp3) is 0.667. The van der Waals surface area contributed by atoms with Crippen LogP contribution < -0.4 is 11.1 Å². The minimum atomic E-state index is 0.663. The molecule has 0 aromatic rings. The molecule has 46 valence electrons. The first-order chi connectivity index (χ1) is 3.79. The van der Waals surface area contributed by atoms with E-state index < -0.39 is 0 Å². The van der Waals surface area contributed by atoms with E-state index in [2.05, 4.69) is 18.3 Å². The molecule has 0 aromatic heterocycles. The van der Waals surface area contributed by atoms with Crippen molar-refractivity contribution in [1.29, 1.82) is 0 Å². The average molecular weight is 112 g/mol. The summed E-state index contributed by atoms with van der Waals surface area (Å²) in [6, 6.07) is 0. The van der Waals surface area contributed by atoms with Crippen LogP contribution in [0.25, 0.3) is 0 Å². The molecule has 0 aromatic carbocycles. The van der Waals surface area contributed by atoms with Crippen LogP contribution in [-0.2, 0) is 0 Å². The summed E-state index contributed by atoms with van der Waals surface area (Å²) in [5, 5.41) is 3.05. The van der Waals surface area contributed by atoms with Gasteiger partial charge in [-0.1, -0.05) is 6.92 Å². The lowest BCUT2D eigenvalue weighted by molar-refractivity contribution is 0.565. The average Bonchev–Trinajstić information content (AvgIpc) is 1.64. The second-order valence-electron chi connectivity index (χ2n) is 2.31. The van der Waals surface area contributed by atoms with E-state index >= 15 is 0 Å². The molecular weight excluding hydrogens is 100 g/mol. The van der Waals surface area contributed by atoms with Crippen LogP contribution >= 0.6 is 0 Å². The number of allylic oxidation sites excluding steroid dienone is 1. The molecule has 0 unspecified atom stereocenters. The van der Waals surface area contributed by atoms with Gasteiger partial charge in [0.05, 0.1) is 5.82 Å². The van der Waals surface area contributed by atoms with E-state index in [0.29, 0.717) is 5.92 Å². The summed E-state index contributed by atoms with van der Waals surface area (Å²) in [5.74, 6) is 1.50. The van der Waals surface area contributed by atoms with Gasteiger partial charge in [0, 0.05) is 6.54 Å². The molecule has 0 saturated carbocycles. The van der Waals surface area contributed by atoms with Gasteiger partial charge in [0.25, 0.3) is 0 Å². The Morgan fingerprint density at radius 1 is 1.88 bits per heavy atom. The summed E-state index contributed by atoms with van der Waals surface area (Å²) in [6.45, 7) is 3.21. The molecule has 2 heteroatoms. The summed E-state index contributed by atoms with van der Waals surface area (Å²) < 4.78 is 0. The zero-order chi connectivity index (χ0) is 5.98. The minimum absolute atomic E-state index is 0.663. The Hall–Kier alpha value is -0.660. The fourth-order valence-electron chi connectivity index (χ4n) is 0.893. The highest BCUT2D eigenvalue weighted by Crippen LogP contribution is 2.07. The third kappa shape index (κ3) is 1.15. The Labute approximate surface area is 49.8 Å². The van der Waals surface area contributed by atoms with E-state index in [1.54, 1.807) is 0 Å². The highest BCUT2D eigenvalue weighted by atomic mass is 15.0. The first-order valence-electron chi connectivity index (χ1n) is 3.00. The van der Waals surface area contributed by atoms with Gasteiger partial charge in [0.1, 0.15) is 0 Å². The van der Waals surface area contributed by atoms with Gasteiger partial charge < -0.3 is 11.1 Å². The van der Waals surface area contributed by atoms with Gasteiger partial charge in [-0.3, -0.25) is 0 Å². The lowest BCUT2D eigenvalue weighted by atomic mass is 10.1. The molecule has 0 aliphatic carbocycles. The highest BCUT2D eigenvalue weighted by molar-refractivity contribution is 5.00. The molecule has 1 atom stereocenters. The molecule has 8 heavy (non-hydrogen) atoms. The monoisotopic (exact) mass is 112 g/mol. The first kappa shape index (κ1) is 5.48. The molecule has 0 fully saturated rings. The van der Waals surface area contributed by atoms with Crippen molar-refractivity contribution in [3.63, 3.8) is 0 Å². The SMILES string of the molecule is C[C@@H]1C=C(N)NCC1. The van der Waals surface area contributed by atoms with Gasteiger partial charge in [-0.05, 0) is 18.4 Å². The zero-order valence-electron chi connectivity index (χ0n) is 5.15. The molecule has 0 radical (unpaired) electrons. The molecule has 0 bridgehead atoms. The Bertz CT molecular complexity index is 107. The highest BCUT2D eigenvalue weighted by Gasteiger charge is 2.03. The summed E-state index contributed by atoms with van der Waals surface area (Å²) in [4.78, 5) is 0. The van der Waals surface area contributed by atoms with E-state index in [1.807, 2.05) is 0 Å². The van der Waals surface area contributed by atoms with Crippen LogP contribution in [0.3, 0.4) is 0 Å². The largest absolute Gasteiger partial charge is 0.386 e. The lowest BCUT2D eigenvalue weighted by Gasteiger charge is -2.16. The van der Waals surface area contributed by atoms with Gasteiger partial charge in [-0.25, -0.2) is 0 Å². The van der Waals surface area contributed by atoms with Crippen LogP contribution in [0.2, 0.25) is 0 Å². The molecule has 2 nitrogen and oxygen atoms in total. The van der Waals surface area contributed by atoms with Crippen LogP contribution in [0, 0.1) is 5.92 Å². The molecular formula is C6H12N2. The summed E-state index contributed by atoms with van der Waals surface area (Å²) in [7, 11) is 0. The van der Waals surface area contributed by atoms with Crippen molar-refractivity contribution in [2.24, 2.45) is 11.7 Å². The van der Waals surface area contributed by atoms with Crippen molar-refractivity contribution in [2.75, 3.05) is 6.54 Å². The van der Waals surface area contributed by atoms with Crippen molar-refractivity contribution in [3.8, 4) is 0 Å². The smallest absolute Gasteiger partial charge is 0.0921 e. The van der Waals surface area contributed by atoms with E-state index in [9.17, 15) is 0 Å². The van der Waals surface area contributed by atoms with Crippen LogP contribution in [0.1, 0.15) is 13.3 Å². The van der Waals surface area contributed by atoms with E-state index in [0.717, 1.165) is 12.4 Å². The predicted molar refractivity (Wildman–Crippen MR) is 34.1 cm³/mol. The maximum atomic E-state index is 5.48. The Kier molecular flexibility index (Phi) is 1.42. The Morgan fingerprint density at radius 3 is 3.00 bits per heavy atom. The second kappa shape index (κ2) is 2.07. The van der Waals surface area contributed by atoms with Gasteiger partial charge in [0.15, 0.2) is 0 Å². The summed E-state index contributed by atoms with van der Waals surface area (Å²) >= 11 is 0. The third-order valence-corrected chi connectivity index (χ3v) is 1.39. The van der Waals surface area contributed by atoms with Crippen molar-refractivity contribution >= 4 is 0 Å². The maximum Gasteiger partial charge on any atom is 0.0921 e. The van der Waals surface area contributed by atoms with Gasteiger partial charge in [0.2, 0.25) is 0 Å². The minimum Gasteiger partial charge on any atom is -0.386 e. The fourth-order valence-corrected chi connectivity index (χ4v) is 0.893. The number of nitrogens with two attached hydrogens (primary N) is 1. The molecule has 0 amide bonds. The molecule has 1 heterocycles.